The summed E-state index contributed by atoms with van der Waals surface area (Å²) in [6.45, 7) is 3.83. The van der Waals surface area contributed by atoms with Gasteiger partial charge in [0.25, 0.3) is 5.91 Å². The summed E-state index contributed by atoms with van der Waals surface area (Å²) < 4.78 is 5.61. The molecule has 2 N–H and O–H groups in total. The summed E-state index contributed by atoms with van der Waals surface area (Å²) in [4.78, 5) is 15.2. The van der Waals surface area contributed by atoms with Crippen molar-refractivity contribution < 1.29 is 9.53 Å². The monoisotopic (exact) mass is 403 g/mol. The number of ether oxygens (including phenoxy) is 1. The number of carbonyl (C=O) groups excluding carboxylic acids is 1. The molecule has 0 saturated carbocycles. The standard InChI is InChI=1S/C19H29N3O2.2ClH/c1-24-19(9-11-20-12-10-19)18(23)21-16-7-6-8-17(15-16)22-13-4-2-3-5-14-22;;/h6-8,15,20H,2-5,9-14H2,1H3,(H,21,23);2*1H. The van der Waals surface area contributed by atoms with E-state index in [2.05, 4.69) is 27.7 Å². The quantitative estimate of drug-likeness (QED) is 0.805. The van der Waals surface area contributed by atoms with Crippen LogP contribution >= 0.6 is 24.8 Å². The maximum Gasteiger partial charge on any atom is 0.256 e. The zero-order valence-corrected chi connectivity index (χ0v) is 17.1. The van der Waals surface area contributed by atoms with E-state index in [1.807, 2.05) is 12.1 Å². The number of anilines is 2. The van der Waals surface area contributed by atoms with Crippen molar-refractivity contribution >= 4 is 42.1 Å². The highest BCUT2D eigenvalue weighted by atomic mass is 35.5. The summed E-state index contributed by atoms with van der Waals surface area (Å²) in [6.07, 6.45) is 6.55. The summed E-state index contributed by atoms with van der Waals surface area (Å²) in [5.74, 6) is -0.0282. The normalized spacial score (nSPS) is 19.5. The molecule has 0 radical (unpaired) electrons. The van der Waals surface area contributed by atoms with E-state index in [1.165, 1.54) is 31.4 Å². The minimum atomic E-state index is -0.705. The van der Waals surface area contributed by atoms with Crippen molar-refractivity contribution in [1.82, 2.24) is 5.32 Å². The van der Waals surface area contributed by atoms with Crippen LogP contribution < -0.4 is 15.5 Å². The minimum absolute atomic E-state index is 0. The molecule has 0 bridgehead atoms. The Hall–Kier alpha value is -1.01. The number of nitrogens with zero attached hydrogens (tertiary/aromatic N) is 1. The number of hydrogen-bond donors (Lipinski definition) is 2. The van der Waals surface area contributed by atoms with Crippen molar-refractivity contribution in [2.24, 2.45) is 0 Å². The van der Waals surface area contributed by atoms with Crippen molar-refractivity contribution in [3.05, 3.63) is 24.3 Å². The maximum absolute atomic E-state index is 12.8. The number of halogens is 2. The topological polar surface area (TPSA) is 53.6 Å². The number of carbonyl (C=O) groups is 1. The lowest BCUT2D eigenvalue weighted by Crippen LogP contribution is -2.51. The van der Waals surface area contributed by atoms with E-state index in [-0.39, 0.29) is 30.7 Å². The zero-order chi connectivity index (χ0) is 16.8. The molecule has 3 rings (SSSR count). The molecule has 2 aliphatic rings. The highest BCUT2D eigenvalue weighted by molar-refractivity contribution is 5.97. The molecule has 0 atom stereocenters. The minimum Gasteiger partial charge on any atom is -0.371 e. The van der Waals surface area contributed by atoms with Gasteiger partial charge in [0.15, 0.2) is 0 Å². The smallest absolute Gasteiger partial charge is 0.256 e. The molecule has 1 aromatic carbocycles. The predicted molar refractivity (Wildman–Crippen MR) is 112 cm³/mol. The Balaban J connectivity index is 0.00000169. The molecule has 0 spiro atoms. The average molecular weight is 404 g/mol. The molecule has 1 amide bonds. The average Bonchev–Trinajstić information content (AvgIpc) is 2.92. The van der Waals surface area contributed by atoms with Crippen molar-refractivity contribution in [1.29, 1.82) is 0 Å². The number of methoxy groups -OCH3 is 1. The highest BCUT2D eigenvalue weighted by Gasteiger charge is 2.39. The number of nitrogens with one attached hydrogen (secondary N) is 2. The lowest BCUT2D eigenvalue weighted by Gasteiger charge is -2.34. The second-order valence-corrected chi connectivity index (χ2v) is 6.85. The largest absolute Gasteiger partial charge is 0.371 e. The van der Waals surface area contributed by atoms with Crippen LogP contribution in [0.15, 0.2) is 24.3 Å². The summed E-state index contributed by atoms with van der Waals surface area (Å²) in [5.41, 5.74) is 1.35. The Morgan fingerprint density at radius 2 is 1.77 bits per heavy atom. The third-order valence-corrected chi connectivity index (χ3v) is 5.29. The predicted octanol–water partition coefficient (Wildman–Crippen LogP) is 3.62. The van der Waals surface area contributed by atoms with Gasteiger partial charge in [-0.15, -0.1) is 24.8 Å². The van der Waals surface area contributed by atoms with E-state index in [4.69, 9.17) is 4.74 Å². The van der Waals surface area contributed by atoms with E-state index in [1.54, 1.807) is 7.11 Å². The van der Waals surface area contributed by atoms with Gasteiger partial charge in [-0.3, -0.25) is 4.79 Å². The van der Waals surface area contributed by atoms with Gasteiger partial charge in [-0.1, -0.05) is 18.9 Å². The molecule has 2 aliphatic heterocycles. The molecule has 148 valence electrons. The third-order valence-electron chi connectivity index (χ3n) is 5.29. The fourth-order valence-electron chi connectivity index (χ4n) is 3.71. The van der Waals surface area contributed by atoms with Crippen molar-refractivity contribution in [3.63, 3.8) is 0 Å². The molecule has 26 heavy (non-hydrogen) atoms. The van der Waals surface area contributed by atoms with Gasteiger partial charge in [0.2, 0.25) is 0 Å². The van der Waals surface area contributed by atoms with E-state index in [9.17, 15) is 4.79 Å². The molecule has 2 heterocycles. The Morgan fingerprint density at radius 1 is 1.12 bits per heavy atom. The molecule has 0 unspecified atom stereocenters. The molecule has 0 aliphatic carbocycles. The van der Waals surface area contributed by atoms with Crippen LogP contribution in [0.3, 0.4) is 0 Å². The van der Waals surface area contributed by atoms with Crippen molar-refractivity contribution in [2.75, 3.05) is 43.5 Å². The van der Waals surface area contributed by atoms with Gasteiger partial charge >= 0.3 is 0 Å². The molecular formula is C19H31Cl2N3O2. The molecule has 5 nitrogen and oxygen atoms in total. The van der Waals surface area contributed by atoms with Gasteiger partial charge in [0.1, 0.15) is 5.60 Å². The SMILES string of the molecule is COC1(C(=O)Nc2cccc(N3CCCCCC3)c2)CCNCC1.Cl.Cl. The molecule has 1 aromatic rings. The maximum atomic E-state index is 12.8. The Labute approximate surface area is 169 Å². The zero-order valence-electron chi connectivity index (χ0n) is 15.5. The van der Waals surface area contributed by atoms with Gasteiger partial charge in [0, 0.05) is 31.6 Å². The van der Waals surface area contributed by atoms with Gasteiger partial charge < -0.3 is 20.3 Å². The Morgan fingerprint density at radius 3 is 2.38 bits per heavy atom. The van der Waals surface area contributed by atoms with Crippen LogP contribution in [-0.2, 0) is 9.53 Å². The van der Waals surface area contributed by atoms with E-state index >= 15 is 0 Å². The first-order valence-electron chi connectivity index (χ1n) is 9.16. The summed E-state index contributed by atoms with van der Waals surface area (Å²) >= 11 is 0. The summed E-state index contributed by atoms with van der Waals surface area (Å²) in [6, 6.07) is 8.21. The lowest BCUT2D eigenvalue weighted by molar-refractivity contribution is -0.140. The second kappa shape index (κ2) is 11.0. The van der Waals surface area contributed by atoms with E-state index in [0.29, 0.717) is 12.8 Å². The summed E-state index contributed by atoms with van der Waals surface area (Å²) in [7, 11) is 1.64. The van der Waals surface area contributed by atoms with Gasteiger partial charge in [-0.2, -0.15) is 0 Å². The number of hydrogen-bond acceptors (Lipinski definition) is 4. The van der Waals surface area contributed by atoms with Gasteiger partial charge in [-0.25, -0.2) is 0 Å². The van der Waals surface area contributed by atoms with Crippen LogP contribution in [0.2, 0.25) is 0 Å². The van der Waals surface area contributed by atoms with Gasteiger partial charge in [-0.05, 0) is 57.0 Å². The fourth-order valence-corrected chi connectivity index (χ4v) is 3.71. The first kappa shape index (κ1) is 23.0. The fraction of sp³-hybridized carbons (Fsp3) is 0.632. The van der Waals surface area contributed by atoms with Crippen LogP contribution in [-0.4, -0.2) is 44.8 Å². The van der Waals surface area contributed by atoms with Crippen LogP contribution in [0.5, 0.6) is 0 Å². The summed E-state index contributed by atoms with van der Waals surface area (Å²) in [5, 5.41) is 6.36. The number of benzene rings is 1. The Kier molecular flexibility index (Phi) is 9.72. The molecule has 7 heteroatoms. The molecular weight excluding hydrogens is 373 g/mol. The van der Waals surface area contributed by atoms with Crippen LogP contribution in [0, 0.1) is 0 Å². The number of amides is 1. The van der Waals surface area contributed by atoms with Crippen LogP contribution in [0.25, 0.3) is 0 Å². The van der Waals surface area contributed by atoms with E-state index in [0.717, 1.165) is 31.9 Å². The first-order chi connectivity index (χ1) is 11.7. The van der Waals surface area contributed by atoms with Gasteiger partial charge in [0.05, 0.1) is 0 Å². The molecule has 0 aromatic heterocycles. The highest BCUT2D eigenvalue weighted by Crippen LogP contribution is 2.27. The van der Waals surface area contributed by atoms with Crippen LogP contribution in [0.1, 0.15) is 38.5 Å². The Bertz CT molecular complexity index is 557. The van der Waals surface area contributed by atoms with E-state index < -0.39 is 5.60 Å². The van der Waals surface area contributed by atoms with Crippen molar-refractivity contribution in [2.45, 2.75) is 44.1 Å². The molecule has 2 fully saturated rings. The van der Waals surface area contributed by atoms with Crippen molar-refractivity contribution in [3.8, 4) is 0 Å². The molecule has 2 saturated heterocycles. The first-order valence-corrected chi connectivity index (χ1v) is 9.16. The van der Waals surface area contributed by atoms with Crippen LogP contribution in [0.4, 0.5) is 11.4 Å². The second-order valence-electron chi connectivity index (χ2n) is 6.85. The lowest BCUT2D eigenvalue weighted by atomic mass is 9.91. The third kappa shape index (κ3) is 5.49. The number of piperidine rings is 1. The number of rotatable bonds is 4.